The molecule has 0 saturated carbocycles. The topological polar surface area (TPSA) is 61.8 Å². The van der Waals surface area contributed by atoms with Gasteiger partial charge in [0.05, 0.1) is 25.2 Å². The molecule has 0 aromatic heterocycles. The zero-order valence-electron chi connectivity index (χ0n) is 23.6. The van der Waals surface area contributed by atoms with E-state index < -0.39 is 24.0 Å². The molecule has 1 rings (SSSR count). The molecule has 0 saturated heterocycles. The zero-order valence-corrected chi connectivity index (χ0v) is 23.6. The second-order valence-electron chi connectivity index (χ2n) is 10.7. The molecule has 1 unspecified atom stereocenters. The molecule has 0 amide bonds. The SMILES string of the molecule is CC(C)CCC(C)(C(=O)OCCCCCCOc1ccc(/C=C/C(=O)OCCCC(F)(F)F)cc1)C(C)C. The fourth-order valence-corrected chi connectivity index (χ4v) is 3.63. The number of hydrogen-bond donors (Lipinski definition) is 0. The van der Waals surface area contributed by atoms with E-state index in [0.29, 0.717) is 24.9 Å². The van der Waals surface area contributed by atoms with Crippen molar-refractivity contribution in [2.75, 3.05) is 19.8 Å². The lowest BCUT2D eigenvalue weighted by molar-refractivity contribution is -0.158. The summed E-state index contributed by atoms with van der Waals surface area (Å²) in [5.41, 5.74) is 0.309. The quantitative estimate of drug-likeness (QED) is 0.106. The Labute approximate surface area is 226 Å². The van der Waals surface area contributed by atoms with Crippen molar-refractivity contribution < 1.29 is 37.0 Å². The molecule has 0 spiro atoms. The van der Waals surface area contributed by atoms with Gasteiger partial charge < -0.3 is 14.2 Å². The number of unbranched alkanes of at least 4 members (excludes halogenated alkanes) is 3. The van der Waals surface area contributed by atoms with Gasteiger partial charge in [-0.25, -0.2) is 4.79 Å². The average Bonchev–Trinajstić information content (AvgIpc) is 2.85. The summed E-state index contributed by atoms with van der Waals surface area (Å²) in [6, 6.07) is 7.14. The van der Waals surface area contributed by atoms with Crippen LogP contribution in [-0.4, -0.2) is 37.9 Å². The third-order valence-electron chi connectivity index (χ3n) is 6.66. The predicted octanol–water partition coefficient (Wildman–Crippen LogP) is 8.17. The van der Waals surface area contributed by atoms with Crippen LogP contribution in [0.25, 0.3) is 6.08 Å². The molecule has 0 heterocycles. The highest BCUT2D eigenvalue weighted by Crippen LogP contribution is 2.35. The monoisotopic (exact) mass is 542 g/mol. The van der Waals surface area contributed by atoms with Crippen molar-refractivity contribution in [2.45, 2.75) is 92.2 Å². The summed E-state index contributed by atoms with van der Waals surface area (Å²) in [6.45, 7) is 11.3. The van der Waals surface area contributed by atoms with Crippen LogP contribution in [0.3, 0.4) is 0 Å². The summed E-state index contributed by atoms with van der Waals surface area (Å²) >= 11 is 0. The summed E-state index contributed by atoms with van der Waals surface area (Å²) in [7, 11) is 0. The van der Waals surface area contributed by atoms with Crippen molar-refractivity contribution >= 4 is 18.0 Å². The van der Waals surface area contributed by atoms with Crippen molar-refractivity contribution in [1.29, 1.82) is 0 Å². The normalized spacial score (nSPS) is 13.6. The van der Waals surface area contributed by atoms with Crippen LogP contribution in [0.1, 0.15) is 91.5 Å². The van der Waals surface area contributed by atoms with Gasteiger partial charge in [0.15, 0.2) is 0 Å². The highest BCUT2D eigenvalue weighted by atomic mass is 19.4. The van der Waals surface area contributed by atoms with Crippen LogP contribution in [0, 0.1) is 17.3 Å². The molecule has 5 nitrogen and oxygen atoms in total. The molecule has 0 aliphatic rings. The number of hydrogen-bond acceptors (Lipinski definition) is 5. The summed E-state index contributed by atoms with van der Waals surface area (Å²) in [4.78, 5) is 24.3. The standard InChI is InChI=1S/C30H45F3O5/c1-23(2)17-19-29(5,24(3)4)28(35)38-21-9-7-6-8-20-36-26-14-11-25(12-15-26)13-16-27(34)37-22-10-18-30(31,32)33/h11-16,23-24H,6-10,17-22H2,1-5H3/b16-13+. The van der Waals surface area contributed by atoms with Gasteiger partial charge in [0, 0.05) is 12.5 Å². The van der Waals surface area contributed by atoms with Gasteiger partial charge in [-0.2, -0.15) is 13.2 Å². The van der Waals surface area contributed by atoms with Crippen LogP contribution in [-0.2, 0) is 19.1 Å². The van der Waals surface area contributed by atoms with E-state index in [1.165, 1.54) is 12.2 Å². The highest BCUT2D eigenvalue weighted by molar-refractivity contribution is 5.87. The maximum absolute atomic E-state index is 12.7. The van der Waals surface area contributed by atoms with E-state index in [1.807, 2.05) is 6.92 Å². The van der Waals surface area contributed by atoms with Gasteiger partial charge in [-0.1, -0.05) is 39.8 Å². The Morgan fingerprint density at radius 3 is 2.03 bits per heavy atom. The van der Waals surface area contributed by atoms with E-state index in [4.69, 9.17) is 14.2 Å². The molecule has 1 aromatic rings. The van der Waals surface area contributed by atoms with Crippen molar-refractivity contribution in [1.82, 2.24) is 0 Å². The summed E-state index contributed by atoms with van der Waals surface area (Å²) in [5.74, 6) is 0.732. The number of halogens is 3. The van der Waals surface area contributed by atoms with Crippen molar-refractivity contribution in [3.8, 4) is 5.75 Å². The number of rotatable bonds is 18. The van der Waals surface area contributed by atoms with E-state index in [9.17, 15) is 22.8 Å². The Bertz CT molecular complexity index is 846. The highest BCUT2D eigenvalue weighted by Gasteiger charge is 2.37. The average molecular weight is 543 g/mol. The lowest BCUT2D eigenvalue weighted by Crippen LogP contribution is -2.35. The molecule has 0 fully saturated rings. The minimum atomic E-state index is -4.24. The minimum absolute atomic E-state index is 0.0902. The largest absolute Gasteiger partial charge is 0.494 e. The molecule has 216 valence electrons. The summed E-state index contributed by atoms with van der Waals surface area (Å²) in [6.07, 6.45) is 2.75. The first-order chi connectivity index (χ1) is 17.8. The van der Waals surface area contributed by atoms with Crippen molar-refractivity contribution in [3.63, 3.8) is 0 Å². The van der Waals surface area contributed by atoms with Gasteiger partial charge in [0.25, 0.3) is 0 Å². The number of carbonyl (C=O) groups excluding carboxylic acids is 2. The van der Waals surface area contributed by atoms with Crippen LogP contribution in [0.5, 0.6) is 5.75 Å². The van der Waals surface area contributed by atoms with Crippen LogP contribution >= 0.6 is 0 Å². The molecule has 0 radical (unpaired) electrons. The number of carbonyl (C=O) groups is 2. The third kappa shape index (κ3) is 14.4. The summed E-state index contributed by atoms with van der Waals surface area (Å²) in [5, 5.41) is 0. The molecule has 0 bridgehead atoms. The lowest BCUT2D eigenvalue weighted by Gasteiger charge is -2.32. The molecule has 1 aromatic carbocycles. The first-order valence-electron chi connectivity index (χ1n) is 13.6. The number of ether oxygens (including phenoxy) is 3. The minimum Gasteiger partial charge on any atom is -0.494 e. The predicted molar refractivity (Wildman–Crippen MR) is 144 cm³/mol. The van der Waals surface area contributed by atoms with E-state index in [1.54, 1.807) is 24.3 Å². The number of alkyl halides is 3. The van der Waals surface area contributed by atoms with E-state index in [-0.39, 0.29) is 24.9 Å². The van der Waals surface area contributed by atoms with Gasteiger partial charge in [0.2, 0.25) is 0 Å². The van der Waals surface area contributed by atoms with Gasteiger partial charge in [-0.05, 0) is 87.5 Å². The van der Waals surface area contributed by atoms with Crippen LogP contribution in [0.4, 0.5) is 13.2 Å². The zero-order chi connectivity index (χ0) is 28.6. The fourth-order valence-electron chi connectivity index (χ4n) is 3.63. The molecular weight excluding hydrogens is 497 g/mol. The van der Waals surface area contributed by atoms with Crippen molar-refractivity contribution in [3.05, 3.63) is 35.9 Å². The molecule has 0 N–H and O–H groups in total. The van der Waals surface area contributed by atoms with E-state index in [0.717, 1.165) is 44.1 Å². The third-order valence-corrected chi connectivity index (χ3v) is 6.66. The Balaban J connectivity index is 2.21. The van der Waals surface area contributed by atoms with Crippen LogP contribution in [0.15, 0.2) is 30.3 Å². The van der Waals surface area contributed by atoms with Crippen molar-refractivity contribution in [2.24, 2.45) is 17.3 Å². The Morgan fingerprint density at radius 2 is 1.45 bits per heavy atom. The molecular formula is C30H45F3O5. The summed E-state index contributed by atoms with van der Waals surface area (Å²) < 4.78 is 52.4. The second-order valence-corrected chi connectivity index (χ2v) is 10.7. The van der Waals surface area contributed by atoms with Gasteiger partial charge in [-0.3, -0.25) is 4.79 Å². The maximum atomic E-state index is 12.7. The Kier molecular flexibility index (Phi) is 15.1. The fraction of sp³-hybridized carbons (Fsp3) is 0.667. The second kappa shape index (κ2) is 17.2. The first-order valence-corrected chi connectivity index (χ1v) is 13.6. The number of esters is 2. The van der Waals surface area contributed by atoms with E-state index in [2.05, 4.69) is 27.7 Å². The van der Waals surface area contributed by atoms with E-state index >= 15 is 0 Å². The molecule has 8 heteroatoms. The first kappa shape index (κ1) is 33.5. The van der Waals surface area contributed by atoms with Crippen LogP contribution < -0.4 is 4.74 Å². The molecule has 0 aliphatic carbocycles. The van der Waals surface area contributed by atoms with Gasteiger partial charge >= 0.3 is 18.1 Å². The van der Waals surface area contributed by atoms with Gasteiger partial charge in [0.1, 0.15) is 5.75 Å². The Morgan fingerprint density at radius 1 is 0.842 bits per heavy atom. The molecule has 38 heavy (non-hydrogen) atoms. The molecule has 1 atom stereocenters. The Hall–Kier alpha value is -2.51. The smallest absolute Gasteiger partial charge is 0.389 e. The number of benzene rings is 1. The van der Waals surface area contributed by atoms with Gasteiger partial charge in [-0.15, -0.1) is 0 Å². The maximum Gasteiger partial charge on any atom is 0.389 e. The van der Waals surface area contributed by atoms with Crippen LogP contribution in [0.2, 0.25) is 0 Å². The lowest BCUT2D eigenvalue weighted by atomic mass is 9.74. The molecule has 0 aliphatic heterocycles.